The van der Waals surface area contributed by atoms with Gasteiger partial charge in [-0.2, -0.15) is 0 Å². The van der Waals surface area contributed by atoms with Crippen LogP contribution in [0.2, 0.25) is 0 Å². The van der Waals surface area contributed by atoms with Gasteiger partial charge in [-0.05, 0) is 19.0 Å². The molecule has 0 fully saturated rings. The summed E-state index contributed by atoms with van der Waals surface area (Å²) in [7, 11) is 1.73. The van der Waals surface area contributed by atoms with E-state index < -0.39 is 0 Å². The molecule has 2 aromatic rings. The third kappa shape index (κ3) is 2.62. The Morgan fingerprint density at radius 3 is 3.06 bits per heavy atom. The van der Waals surface area contributed by atoms with E-state index in [-0.39, 0.29) is 0 Å². The molecule has 2 rings (SSSR count). The molecule has 0 spiro atoms. The number of hydrogen-bond acceptors (Lipinski definition) is 3. The average molecular weight is 219 g/mol. The van der Waals surface area contributed by atoms with Crippen LogP contribution < -0.4 is 5.32 Å². The molecule has 0 unspecified atom stereocenters. The molecule has 3 heteroatoms. The predicted molar refractivity (Wildman–Crippen MR) is 64.4 cm³/mol. The van der Waals surface area contributed by atoms with Crippen LogP contribution in [0.25, 0.3) is 11.0 Å². The standard InChI is InChI=1S/C13H17NO2/c1-15-8-4-7-14-9-11-10-16-13-6-3-2-5-12(11)13/h2-3,5-6,10,14H,4,7-9H2,1H3. The van der Waals surface area contributed by atoms with Crippen LogP contribution in [-0.4, -0.2) is 20.3 Å². The Hall–Kier alpha value is -1.32. The summed E-state index contributed by atoms with van der Waals surface area (Å²) in [6.45, 7) is 2.62. The fraction of sp³-hybridized carbons (Fsp3) is 0.385. The normalized spacial score (nSPS) is 11.1. The summed E-state index contributed by atoms with van der Waals surface area (Å²) in [5.74, 6) is 0. The Bertz CT molecular complexity index is 436. The van der Waals surface area contributed by atoms with E-state index in [2.05, 4.69) is 11.4 Å². The van der Waals surface area contributed by atoms with Gasteiger partial charge < -0.3 is 14.5 Å². The number of rotatable bonds is 6. The summed E-state index contributed by atoms with van der Waals surface area (Å²) in [6.07, 6.45) is 2.86. The molecule has 0 bridgehead atoms. The van der Waals surface area contributed by atoms with Gasteiger partial charge in [-0.1, -0.05) is 18.2 Å². The van der Waals surface area contributed by atoms with Crippen LogP contribution in [-0.2, 0) is 11.3 Å². The Kier molecular flexibility index (Phi) is 3.97. The first-order valence-electron chi connectivity index (χ1n) is 5.56. The molecule has 0 atom stereocenters. The minimum Gasteiger partial charge on any atom is -0.464 e. The van der Waals surface area contributed by atoms with E-state index in [0.29, 0.717) is 0 Å². The highest BCUT2D eigenvalue weighted by atomic mass is 16.5. The van der Waals surface area contributed by atoms with Crippen LogP contribution in [0.1, 0.15) is 12.0 Å². The van der Waals surface area contributed by atoms with Crippen molar-refractivity contribution in [3.63, 3.8) is 0 Å². The predicted octanol–water partition coefficient (Wildman–Crippen LogP) is 2.56. The van der Waals surface area contributed by atoms with Gasteiger partial charge in [-0.3, -0.25) is 0 Å². The van der Waals surface area contributed by atoms with E-state index in [0.717, 1.165) is 31.7 Å². The van der Waals surface area contributed by atoms with Crippen molar-refractivity contribution in [1.82, 2.24) is 5.32 Å². The highest BCUT2D eigenvalue weighted by Gasteiger charge is 2.03. The summed E-state index contributed by atoms with van der Waals surface area (Å²) in [5, 5.41) is 4.57. The lowest BCUT2D eigenvalue weighted by molar-refractivity contribution is 0.194. The van der Waals surface area contributed by atoms with Crippen LogP contribution in [0.5, 0.6) is 0 Å². The van der Waals surface area contributed by atoms with Gasteiger partial charge in [0.2, 0.25) is 0 Å². The number of fused-ring (bicyclic) bond motifs is 1. The van der Waals surface area contributed by atoms with Crippen molar-refractivity contribution in [2.24, 2.45) is 0 Å². The Morgan fingerprint density at radius 1 is 1.31 bits per heavy atom. The van der Waals surface area contributed by atoms with Crippen LogP contribution >= 0.6 is 0 Å². The maximum absolute atomic E-state index is 5.46. The van der Waals surface area contributed by atoms with Crippen LogP contribution in [0.4, 0.5) is 0 Å². The van der Waals surface area contributed by atoms with Crippen molar-refractivity contribution in [2.75, 3.05) is 20.3 Å². The molecule has 0 aliphatic heterocycles. The molecule has 86 valence electrons. The zero-order chi connectivity index (χ0) is 11.2. The second kappa shape index (κ2) is 5.68. The number of hydrogen-bond donors (Lipinski definition) is 1. The van der Waals surface area contributed by atoms with E-state index in [9.17, 15) is 0 Å². The van der Waals surface area contributed by atoms with Crippen LogP contribution in [0, 0.1) is 0 Å². The second-order valence-corrected chi connectivity index (χ2v) is 3.78. The lowest BCUT2D eigenvalue weighted by atomic mass is 10.2. The SMILES string of the molecule is COCCCNCc1coc2ccccc12. The largest absolute Gasteiger partial charge is 0.464 e. The molecule has 3 nitrogen and oxygen atoms in total. The molecule has 0 aliphatic rings. The first-order valence-corrected chi connectivity index (χ1v) is 5.56. The summed E-state index contributed by atoms with van der Waals surface area (Å²) in [6, 6.07) is 8.10. The number of furan rings is 1. The minimum absolute atomic E-state index is 0.805. The van der Waals surface area contributed by atoms with Gasteiger partial charge in [-0.25, -0.2) is 0 Å². The molecule has 1 aromatic heterocycles. The van der Waals surface area contributed by atoms with E-state index in [4.69, 9.17) is 9.15 Å². The summed E-state index contributed by atoms with van der Waals surface area (Å²) in [4.78, 5) is 0. The number of benzene rings is 1. The molecule has 1 aromatic carbocycles. The van der Waals surface area contributed by atoms with Crippen LogP contribution in [0.3, 0.4) is 0 Å². The number of para-hydroxylation sites is 1. The lowest BCUT2D eigenvalue weighted by Gasteiger charge is -2.02. The van der Waals surface area contributed by atoms with Crippen molar-refractivity contribution in [3.8, 4) is 0 Å². The van der Waals surface area contributed by atoms with Gasteiger partial charge >= 0.3 is 0 Å². The fourth-order valence-corrected chi connectivity index (χ4v) is 1.73. The van der Waals surface area contributed by atoms with Crippen molar-refractivity contribution >= 4 is 11.0 Å². The minimum atomic E-state index is 0.805. The molecule has 16 heavy (non-hydrogen) atoms. The first kappa shape index (κ1) is 11.2. The smallest absolute Gasteiger partial charge is 0.134 e. The van der Waals surface area contributed by atoms with Crippen molar-refractivity contribution in [2.45, 2.75) is 13.0 Å². The Labute approximate surface area is 95.4 Å². The third-order valence-electron chi connectivity index (χ3n) is 2.58. The van der Waals surface area contributed by atoms with Crippen molar-refractivity contribution in [1.29, 1.82) is 0 Å². The van der Waals surface area contributed by atoms with Gasteiger partial charge in [0.15, 0.2) is 0 Å². The summed E-state index contributed by atoms with van der Waals surface area (Å²) >= 11 is 0. The summed E-state index contributed by atoms with van der Waals surface area (Å²) in [5.41, 5.74) is 2.17. The topological polar surface area (TPSA) is 34.4 Å². The molecule has 0 aliphatic carbocycles. The van der Waals surface area contributed by atoms with Gasteiger partial charge in [0.1, 0.15) is 5.58 Å². The highest BCUT2D eigenvalue weighted by molar-refractivity contribution is 5.80. The molecule has 1 N–H and O–H groups in total. The first-order chi connectivity index (χ1) is 7.92. The van der Waals surface area contributed by atoms with E-state index in [1.807, 2.05) is 24.5 Å². The molecular weight excluding hydrogens is 202 g/mol. The number of methoxy groups -OCH3 is 1. The van der Waals surface area contributed by atoms with E-state index in [1.165, 1.54) is 10.9 Å². The average Bonchev–Trinajstić information content (AvgIpc) is 2.73. The zero-order valence-electron chi connectivity index (χ0n) is 9.53. The Morgan fingerprint density at radius 2 is 2.19 bits per heavy atom. The van der Waals surface area contributed by atoms with E-state index >= 15 is 0 Å². The number of nitrogens with one attached hydrogen (secondary N) is 1. The molecule has 0 amide bonds. The summed E-state index contributed by atoms with van der Waals surface area (Å²) < 4.78 is 10.5. The fourth-order valence-electron chi connectivity index (χ4n) is 1.73. The second-order valence-electron chi connectivity index (χ2n) is 3.78. The highest BCUT2D eigenvalue weighted by Crippen LogP contribution is 2.20. The molecule has 1 heterocycles. The van der Waals surface area contributed by atoms with Crippen molar-refractivity contribution in [3.05, 3.63) is 36.1 Å². The maximum Gasteiger partial charge on any atom is 0.134 e. The van der Waals surface area contributed by atoms with Gasteiger partial charge in [0.25, 0.3) is 0 Å². The van der Waals surface area contributed by atoms with Crippen molar-refractivity contribution < 1.29 is 9.15 Å². The molecule has 0 saturated heterocycles. The monoisotopic (exact) mass is 219 g/mol. The molecule has 0 saturated carbocycles. The maximum atomic E-state index is 5.46. The van der Waals surface area contributed by atoms with Crippen LogP contribution in [0.15, 0.2) is 34.9 Å². The Balaban J connectivity index is 1.89. The quantitative estimate of drug-likeness (QED) is 0.758. The van der Waals surface area contributed by atoms with E-state index in [1.54, 1.807) is 7.11 Å². The van der Waals surface area contributed by atoms with Gasteiger partial charge in [-0.15, -0.1) is 0 Å². The van der Waals surface area contributed by atoms with Gasteiger partial charge in [0.05, 0.1) is 6.26 Å². The van der Waals surface area contributed by atoms with Gasteiger partial charge in [0, 0.05) is 31.2 Å². The number of ether oxygens (including phenoxy) is 1. The molecule has 0 radical (unpaired) electrons. The molecular formula is C13H17NO2. The third-order valence-corrected chi connectivity index (χ3v) is 2.58. The zero-order valence-corrected chi connectivity index (χ0v) is 9.53. The lowest BCUT2D eigenvalue weighted by Crippen LogP contribution is -2.15.